The van der Waals surface area contributed by atoms with E-state index in [2.05, 4.69) is 6.92 Å². The van der Waals surface area contributed by atoms with Crippen molar-refractivity contribution in [1.29, 1.82) is 0 Å². The zero-order valence-electron chi connectivity index (χ0n) is 11.4. The Morgan fingerprint density at radius 2 is 2.21 bits per heavy atom. The van der Waals surface area contributed by atoms with Crippen molar-refractivity contribution < 1.29 is 4.79 Å². The Morgan fingerprint density at radius 3 is 2.95 bits per heavy atom. The van der Waals surface area contributed by atoms with Gasteiger partial charge >= 0.3 is 0 Å². The van der Waals surface area contributed by atoms with Crippen LogP contribution in [-0.4, -0.2) is 23.9 Å². The van der Waals surface area contributed by atoms with E-state index in [1.165, 1.54) is 12.8 Å². The van der Waals surface area contributed by atoms with Crippen molar-refractivity contribution in [2.45, 2.75) is 32.6 Å². The molecule has 1 amide bonds. The second-order valence-electron chi connectivity index (χ2n) is 5.21. The molecule has 0 bridgehead atoms. The van der Waals surface area contributed by atoms with E-state index in [0.717, 1.165) is 31.8 Å². The highest BCUT2D eigenvalue weighted by Crippen LogP contribution is 2.26. The van der Waals surface area contributed by atoms with E-state index in [1.807, 2.05) is 4.90 Å². The lowest BCUT2D eigenvalue weighted by atomic mass is 9.98. The SMILES string of the molecule is CCC1CCCN(C(=O)c2cccc(N)c2Cl)CC1. The van der Waals surface area contributed by atoms with E-state index in [1.54, 1.807) is 18.2 Å². The molecule has 1 saturated heterocycles. The van der Waals surface area contributed by atoms with Crippen molar-refractivity contribution in [2.75, 3.05) is 18.8 Å². The number of rotatable bonds is 2. The van der Waals surface area contributed by atoms with Crippen molar-refractivity contribution in [2.24, 2.45) is 5.92 Å². The highest BCUT2D eigenvalue weighted by Gasteiger charge is 2.22. The third-order valence-corrected chi connectivity index (χ3v) is 4.39. The molecule has 0 aromatic heterocycles. The Balaban J connectivity index is 2.13. The number of nitrogens with zero attached hydrogens (tertiary/aromatic N) is 1. The molecule has 3 nitrogen and oxygen atoms in total. The molecule has 1 aromatic carbocycles. The average Bonchev–Trinajstić information content (AvgIpc) is 2.66. The van der Waals surface area contributed by atoms with Gasteiger partial charge in [-0.2, -0.15) is 0 Å². The summed E-state index contributed by atoms with van der Waals surface area (Å²) in [5.41, 5.74) is 6.75. The second kappa shape index (κ2) is 6.29. The number of halogens is 1. The van der Waals surface area contributed by atoms with Gasteiger partial charge < -0.3 is 10.6 Å². The zero-order valence-corrected chi connectivity index (χ0v) is 12.1. The summed E-state index contributed by atoms with van der Waals surface area (Å²) in [6.07, 6.45) is 4.57. The molecule has 1 aliphatic heterocycles. The fourth-order valence-electron chi connectivity index (χ4n) is 2.66. The van der Waals surface area contributed by atoms with Crippen LogP contribution < -0.4 is 5.73 Å². The number of carbonyl (C=O) groups excluding carboxylic acids is 1. The molecule has 104 valence electrons. The Hall–Kier alpha value is -1.22. The van der Waals surface area contributed by atoms with Gasteiger partial charge in [-0.3, -0.25) is 4.79 Å². The van der Waals surface area contributed by atoms with Crippen molar-refractivity contribution in [3.05, 3.63) is 28.8 Å². The Bertz CT molecular complexity index is 461. The zero-order chi connectivity index (χ0) is 13.8. The molecule has 1 aliphatic rings. The summed E-state index contributed by atoms with van der Waals surface area (Å²) in [4.78, 5) is 14.4. The molecule has 1 heterocycles. The molecule has 0 radical (unpaired) electrons. The van der Waals surface area contributed by atoms with Gasteiger partial charge in [-0.25, -0.2) is 0 Å². The highest BCUT2D eigenvalue weighted by atomic mass is 35.5. The molecule has 0 spiro atoms. The molecule has 19 heavy (non-hydrogen) atoms. The van der Waals surface area contributed by atoms with E-state index in [0.29, 0.717) is 16.3 Å². The number of anilines is 1. The van der Waals surface area contributed by atoms with E-state index >= 15 is 0 Å². The molecular weight excluding hydrogens is 260 g/mol. The topological polar surface area (TPSA) is 46.3 Å². The minimum Gasteiger partial charge on any atom is -0.398 e. The Morgan fingerprint density at radius 1 is 1.42 bits per heavy atom. The number of carbonyl (C=O) groups is 1. The number of amides is 1. The lowest BCUT2D eigenvalue weighted by Crippen LogP contribution is -2.32. The van der Waals surface area contributed by atoms with Gasteiger partial charge in [-0.1, -0.05) is 31.0 Å². The monoisotopic (exact) mass is 280 g/mol. The van der Waals surface area contributed by atoms with Gasteiger partial charge in [0.05, 0.1) is 16.3 Å². The molecule has 1 unspecified atom stereocenters. The number of nitrogens with two attached hydrogens (primary N) is 1. The van der Waals surface area contributed by atoms with Crippen LogP contribution in [0.25, 0.3) is 0 Å². The normalized spacial score (nSPS) is 20.1. The number of benzene rings is 1. The van der Waals surface area contributed by atoms with E-state index in [9.17, 15) is 4.79 Å². The van der Waals surface area contributed by atoms with Crippen LogP contribution >= 0.6 is 11.6 Å². The molecule has 1 fully saturated rings. The summed E-state index contributed by atoms with van der Waals surface area (Å²) < 4.78 is 0. The third kappa shape index (κ3) is 3.21. The van der Waals surface area contributed by atoms with Gasteiger partial charge in [0, 0.05) is 13.1 Å². The molecule has 4 heteroatoms. The molecule has 2 rings (SSSR count). The van der Waals surface area contributed by atoms with Crippen LogP contribution in [0.3, 0.4) is 0 Å². The molecular formula is C15H21ClN2O. The summed E-state index contributed by atoms with van der Waals surface area (Å²) in [5.74, 6) is 0.753. The van der Waals surface area contributed by atoms with Crippen molar-refractivity contribution >= 4 is 23.2 Å². The van der Waals surface area contributed by atoms with Crippen LogP contribution in [-0.2, 0) is 0 Å². The third-order valence-electron chi connectivity index (χ3n) is 3.97. The maximum absolute atomic E-state index is 12.5. The standard InChI is InChI=1S/C15H21ClN2O/c1-2-11-5-4-9-18(10-8-11)15(19)12-6-3-7-13(17)14(12)16/h3,6-7,11H,2,4-5,8-10,17H2,1H3. The smallest absolute Gasteiger partial charge is 0.255 e. The first kappa shape index (κ1) is 14.2. The van der Waals surface area contributed by atoms with E-state index in [4.69, 9.17) is 17.3 Å². The minimum atomic E-state index is 0.00838. The maximum atomic E-state index is 12.5. The molecule has 1 atom stereocenters. The second-order valence-corrected chi connectivity index (χ2v) is 5.58. The lowest BCUT2D eigenvalue weighted by molar-refractivity contribution is 0.0760. The van der Waals surface area contributed by atoms with Crippen LogP contribution in [0.5, 0.6) is 0 Å². The molecule has 2 N–H and O–H groups in total. The average molecular weight is 281 g/mol. The van der Waals surface area contributed by atoms with Crippen molar-refractivity contribution in [3.8, 4) is 0 Å². The number of likely N-dealkylation sites (tertiary alicyclic amines) is 1. The van der Waals surface area contributed by atoms with Crippen LogP contribution in [0, 0.1) is 5.92 Å². The van der Waals surface area contributed by atoms with Crippen LogP contribution in [0.15, 0.2) is 18.2 Å². The highest BCUT2D eigenvalue weighted by molar-refractivity contribution is 6.36. The summed E-state index contributed by atoms with van der Waals surface area (Å²) >= 11 is 6.13. The quantitative estimate of drug-likeness (QED) is 0.842. The van der Waals surface area contributed by atoms with Gasteiger partial charge in [-0.05, 0) is 37.3 Å². The van der Waals surface area contributed by atoms with E-state index in [-0.39, 0.29) is 5.91 Å². The van der Waals surface area contributed by atoms with Crippen LogP contribution in [0.4, 0.5) is 5.69 Å². The van der Waals surface area contributed by atoms with Crippen molar-refractivity contribution in [1.82, 2.24) is 4.90 Å². The van der Waals surface area contributed by atoms with E-state index < -0.39 is 0 Å². The summed E-state index contributed by atoms with van der Waals surface area (Å²) in [7, 11) is 0. The van der Waals surface area contributed by atoms with Crippen LogP contribution in [0.2, 0.25) is 5.02 Å². The molecule has 0 aliphatic carbocycles. The van der Waals surface area contributed by atoms with Crippen LogP contribution in [0.1, 0.15) is 43.0 Å². The first-order chi connectivity index (χ1) is 9.13. The fraction of sp³-hybridized carbons (Fsp3) is 0.533. The molecule has 1 aromatic rings. The lowest BCUT2D eigenvalue weighted by Gasteiger charge is -2.21. The van der Waals surface area contributed by atoms with Gasteiger partial charge in [0.25, 0.3) is 5.91 Å². The predicted molar refractivity (Wildman–Crippen MR) is 79.4 cm³/mol. The van der Waals surface area contributed by atoms with Gasteiger partial charge in [-0.15, -0.1) is 0 Å². The first-order valence-electron chi connectivity index (χ1n) is 6.96. The summed E-state index contributed by atoms with van der Waals surface area (Å²) in [5, 5.41) is 0.379. The minimum absolute atomic E-state index is 0.00838. The summed E-state index contributed by atoms with van der Waals surface area (Å²) in [6, 6.07) is 5.25. The summed E-state index contributed by atoms with van der Waals surface area (Å²) in [6.45, 7) is 3.86. The number of hydrogen-bond acceptors (Lipinski definition) is 2. The van der Waals surface area contributed by atoms with Crippen molar-refractivity contribution in [3.63, 3.8) is 0 Å². The number of nitrogen functional groups attached to an aromatic ring is 1. The largest absolute Gasteiger partial charge is 0.398 e. The predicted octanol–water partition coefficient (Wildman–Crippen LogP) is 3.57. The first-order valence-corrected chi connectivity index (χ1v) is 7.34. The van der Waals surface area contributed by atoms with Gasteiger partial charge in [0.1, 0.15) is 0 Å². The Kier molecular flexibility index (Phi) is 4.70. The van der Waals surface area contributed by atoms with Gasteiger partial charge in [0.2, 0.25) is 0 Å². The fourth-order valence-corrected chi connectivity index (χ4v) is 2.87. The Labute approximate surface area is 119 Å². The van der Waals surface area contributed by atoms with Gasteiger partial charge in [0.15, 0.2) is 0 Å². The number of hydrogen-bond donors (Lipinski definition) is 1. The molecule has 0 saturated carbocycles. The maximum Gasteiger partial charge on any atom is 0.255 e.